The normalized spacial score (nSPS) is 20.5. The molecule has 1 N–H and O–H groups in total. The van der Waals surface area contributed by atoms with E-state index in [2.05, 4.69) is 25.2 Å². The zero-order valence-corrected chi connectivity index (χ0v) is 21.0. The number of hydrogen-bond donors (Lipinski definition) is 1. The third-order valence-electron chi connectivity index (χ3n) is 8.02. The number of amides is 1. The van der Waals surface area contributed by atoms with Crippen molar-refractivity contribution in [3.05, 3.63) is 36.3 Å². The second-order valence-electron chi connectivity index (χ2n) is 10.4. The molecule has 9 nitrogen and oxygen atoms in total. The Hall–Kier alpha value is -2.88. The Morgan fingerprint density at radius 2 is 1.89 bits per heavy atom. The number of carbonyl (C=O) groups is 1. The van der Waals surface area contributed by atoms with Gasteiger partial charge in [0.25, 0.3) is 0 Å². The SMILES string of the molecule is Cn1ncc(-c2ccc3cnc(NC(=O)C4CCN(C5COC5)CC4)cc3n2)c1CN1CCCCC1. The quantitative estimate of drug-likeness (QED) is 0.569. The molecule has 3 aromatic rings. The highest BCUT2D eigenvalue weighted by atomic mass is 16.5. The first-order valence-electron chi connectivity index (χ1n) is 13.3. The fourth-order valence-corrected chi connectivity index (χ4v) is 5.62. The zero-order valence-electron chi connectivity index (χ0n) is 21.0. The molecule has 3 saturated heterocycles. The number of nitrogens with zero attached hydrogens (tertiary/aromatic N) is 6. The number of fused-ring (bicyclic) bond motifs is 1. The summed E-state index contributed by atoms with van der Waals surface area (Å²) in [5, 5.41) is 8.54. The molecule has 1 amide bonds. The zero-order chi connectivity index (χ0) is 24.5. The predicted octanol–water partition coefficient (Wildman–Crippen LogP) is 3.07. The van der Waals surface area contributed by atoms with E-state index < -0.39 is 0 Å². The first-order valence-corrected chi connectivity index (χ1v) is 13.3. The van der Waals surface area contributed by atoms with Gasteiger partial charge in [0.1, 0.15) is 5.82 Å². The largest absolute Gasteiger partial charge is 0.378 e. The summed E-state index contributed by atoms with van der Waals surface area (Å²) in [7, 11) is 2.01. The number of nitrogens with one attached hydrogen (secondary N) is 1. The highest BCUT2D eigenvalue weighted by molar-refractivity contribution is 5.93. The molecule has 0 unspecified atom stereocenters. The van der Waals surface area contributed by atoms with Gasteiger partial charge in [-0.15, -0.1) is 0 Å². The van der Waals surface area contributed by atoms with E-state index >= 15 is 0 Å². The second kappa shape index (κ2) is 10.2. The van der Waals surface area contributed by atoms with Crippen LogP contribution in [0, 0.1) is 5.92 Å². The van der Waals surface area contributed by atoms with Gasteiger partial charge in [-0.2, -0.15) is 5.10 Å². The second-order valence-corrected chi connectivity index (χ2v) is 10.4. The van der Waals surface area contributed by atoms with Gasteiger partial charge in [-0.3, -0.25) is 19.3 Å². The van der Waals surface area contributed by atoms with Crippen LogP contribution in [-0.2, 0) is 23.1 Å². The van der Waals surface area contributed by atoms with Gasteiger partial charge in [-0.1, -0.05) is 6.42 Å². The summed E-state index contributed by atoms with van der Waals surface area (Å²) >= 11 is 0. The summed E-state index contributed by atoms with van der Waals surface area (Å²) in [5.41, 5.74) is 3.98. The molecule has 190 valence electrons. The third kappa shape index (κ3) is 4.87. The van der Waals surface area contributed by atoms with Crippen molar-refractivity contribution < 1.29 is 9.53 Å². The first-order chi connectivity index (χ1) is 17.6. The van der Waals surface area contributed by atoms with Crippen molar-refractivity contribution in [1.82, 2.24) is 29.5 Å². The molecule has 0 spiro atoms. The lowest BCUT2D eigenvalue weighted by Gasteiger charge is -2.41. The fourth-order valence-electron chi connectivity index (χ4n) is 5.62. The van der Waals surface area contributed by atoms with Crippen LogP contribution in [0.25, 0.3) is 22.2 Å². The van der Waals surface area contributed by atoms with Crippen LogP contribution in [0.2, 0.25) is 0 Å². The van der Waals surface area contributed by atoms with E-state index in [4.69, 9.17) is 9.72 Å². The average Bonchev–Trinajstić information content (AvgIpc) is 3.23. The van der Waals surface area contributed by atoms with Gasteiger partial charge >= 0.3 is 0 Å². The molecule has 36 heavy (non-hydrogen) atoms. The minimum absolute atomic E-state index is 0.0202. The number of aryl methyl sites for hydroxylation is 1. The monoisotopic (exact) mass is 489 g/mol. The summed E-state index contributed by atoms with van der Waals surface area (Å²) in [4.78, 5) is 27.4. The summed E-state index contributed by atoms with van der Waals surface area (Å²) in [5.74, 6) is 0.636. The van der Waals surface area contributed by atoms with E-state index in [9.17, 15) is 4.79 Å². The molecule has 0 atom stereocenters. The van der Waals surface area contributed by atoms with Crippen molar-refractivity contribution >= 4 is 22.6 Å². The van der Waals surface area contributed by atoms with Crippen LogP contribution >= 0.6 is 0 Å². The molecule has 0 bridgehead atoms. The molecule has 0 radical (unpaired) electrons. The molecule has 9 heteroatoms. The van der Waals surface area contributed by atoms with Gasteiger partial charge in [-0.25, -0.2) is 9.97 Å². The van der Waals surface area contributed by atoms with Crippen LogP contribution < -0.4 is 5.32 Å². The lowest BCUT2D eigenvalue weighted by Crippen LogP contribution is -2.52. The number of carbonyl (C=O) groups excluding carboxylic acids is 1. The van der Waals surface area contributed by atoms with Crippen molar-refractivity contribution in [3.8, 4) is 11.3 Å². The van der Waals surface area contributed by atoms with Crippen LogP contribution in [0.3, 0.4) is 0 Å². The Morgan fingerprint density at radius 3 is 2.64 bits per heavy atom. The van der Waals surface area contributed by atoms with Crippen molar-refractivity contribution in [2.45, 2.75) is 44.7 Å². The maximum absolute atomic E-state index is 13.0. The van der Waals surface area contributed by atoms with Crippen LogP contribution in [0.1, 0.15) is 37.8 Å². The molecule has 6 heterocycles. The van der Waals surface area contributed by atoms with E-state index in [1.807, 2.05) is 36.1 Å². The van der Waals surface area contributed by atoms with E-state index in [0.717, 1.165) is 80.9 Å². The number of piperidine rings is 2. The molecule has 3 aliphatic heterocycles. The van der Waals surface area contributed by atoms with E-state index in [-0.39, 0.29) is 11.8 Å². The maximum Gasteiger partial charge on any atom is 0.228 e. The van der Waals surface area contributed by atoms with Crippen molar-refractivity contribution in [1.29, 1.82) is 0 Å². The molecule has 3 aromatic heterocycles. The smallest absolute Gasteiger partial charge is 0.228 e. The fraction of sp³-hybridized carbons (Fsp3) is 0.556. The summed E-state index contributed by atoms with van der Waals surface area (Å²) in [6.07, 6.45) is 9.30. The maximum atomic E-state index is 13.0. The van der Waals surface area contributed by atoms with Crippen LogP contribution in [0.5, 0.6) is 0 Å². The third-order valence-corrected chi connectivity index (χ3v) is 8.02. The molecule has 6 rings (SSSR count). The average molecular weight is 490 g/mol. The number of pyridine rings is 2. The lowest BCUT2D eigenvalue weighted by atomic mass is 9.94. The summed E-state index contributed by atoms with van der Waals surface area (Å²) in [6.45, 7) is 6.71. The summed E-state index contributed by atoms with van der Waals surface area (Å²) < 4.78 is 7.28. The Kier molecular flexibility index (Phi) is 6.69. The molecule has 3 fully saturated rings. The van der Waals surface area contributed by atoms with E-state index in [1.54, 1.807) is 6.20 Å². The number of aromatic nitrogens is 4. The summed E-state index contributed by atoms with van der Waals surface area (Å²) in [6, 6.07) is 6.52. The lowest BCUT2D eigenvalue weighted by molar-refractivity contribution is -0.123. The van der Waals surface area contributed by atoms with Crippen LogP contribution in [0.4, 0.5) is 5.82 Å². The molecule has 3 aliphatic rings. The van der Waals surface area contributed by atoms with Gasteiger partial charge in [0.05, 0.1) is 42.4 Å². The standard InChI is InChI=1S/C27H35N7O2/c1-32-25(16-33-9-3-2-4-10-33)22(15-29-32)23-6-5-20-14-28-26(13-24(20)30-23)31-27(35)19-7-11-34(12-8-19)21-17-36-18-21/h5-6,13-15,19,21H,2-4,7-12,16-18H2,1H3,(H,28,31,35). The Balaban J connectivity index is 1.16. The Morgan fingerprint density at radius 1 is 1.08 bits per heavy atom. The predicted molar refractivity (Wildman–Crippen MR) is 138 cm³/mol. The number of ether oxygens (including phenoxy) is 1. The van der Waals surface area contributed by atoms with Crippen LogP contribution in [-0.4, -0.2) is 80.9 Å². The molecular weight excluding hydrogens is 454 g/mol. The van der Waals surface area contributed by atoms with Gasteiger partial charge in [0, 0.05) is 42.7 Å². The molecule has 0 saturated carbocycles. The number of hydrogen-bond acceptors (Lipinski definition) is 7. The van der Waals surface area contributed by atoms with Gasteiger partial charge < -0.3 is 10.1 Å². The van der Waals surface area contributed by atoms with E-state index in [0.29, 0.717) is 11.9 Å². The van der Waals surface area contributed by atoms with Gasteiger partial charge in [0.15, 0.2) is 0 Å². The van der Waals surface area contributed by atoms with Gasteiger partial charge in [-0.05, 0) is 64.0 Å². The number of likely N-dealkylation sites (tertiary alicyclic amines) is 2. The van der Waals surface area contributed by atoms with E-state index in [1.165, 1.54) is 25.0 Å². The molecule has 0 aromatic carbocycles. The molecule has 0 aliphatic carbocycles. The van der Waals surface area contributed by atoms with Crippen molar-refractivity contribution in [3.63, 3.8) is 0 Å². The van der Waals surface area contributed by atoms with Crippen molar-refractivity contribution in [2.75, 3.05) is 44.7 Å². The topological polar surface area (TPSA) is 88.4 Å². The Labute approximate surface area is 211 Å². The number of rotatable bonds is 6. The van der Waals surface area contributed by atoms with Crippen LogP contribution in [0.15, 0.2) is 30.6 Å². The highest BCUT2D eigenvalue weighted by Gasteiger charge is 2.32. The highest BCUT2D eigenvalue weighted by Crippen LogP contribution is 2.27. The molecular formula is C27H35N7O2. The minimum Gasteiger partial charge on any atom is -0.378 e. The van der Waals surface area contributed by atoms with Crippen molar-refractivity contribution in [2.24, 2.45) is 13.0 Å². The van der Waals surface area contributed by atoms with Gasteiger partial charge in [0.2, 0.25) is 5.91 Å². The number of anilines is 1. The first kappa shape index (κ1) is 23.5. The minimum atomic E-state index is 0.0202. The Bertz CT molecular complexity index is 1220.